The maximum absolute atomic E-state index is 2.43. The molecule has 402 valence electrons. The summed E-state index contributed by atoms with van der Waals surface area (Å²) in [6, 6.07) is 129. The van der Waals surface area contributed by atoms with Gasteiger partial charge in [-0.15, -0.1) is 0 Å². The molecule has 0 heterocycles. The molecule has 0 aliphatic rings. The molecule has 0 unspecified atom stereocenters. The maximum atomic E-state index is 2.43. The smallest absolute Gasteiger partial charge is 0.0946 e. The third-order valence-electron chi connectivity index (χ3n) is 14.9. The van der Waals surface area contributed by atoms with E-state index in [1.54, 1.807) is 0 Å². The van der Waals surface area contributed by atoms with E-state index in [2.05, 4.69) is 393 Å². The van der Waals surface area contributed by atoms with Crippen LogP contribution in [0.3, 0.4) is 0 Å². The molecular formula is C78H60N6. The number of hydrogen-bond acceptors (Lipinski definition) is 6. The summed E-state index contributed by atoms with van der Waals surface area (Å²) in [6.07, 6.45) is 0. The van der Waals surface area contributed by atoms with E-state index in [1.807, 2.05) is 0 Å². The Labute approximate surface area is 493 Å². The predicted molar refractivity (Wildman–Crippen MR) is 355 cm³/mol. The van der Waals surface area contributed by atoms with Crippen molar-refractivity contribution in [2.75, 3.05) is 29.4 Å². The van der Waals surface area contributed by atoms with Crippen molar-refractivity contribution >= 4 is 102 Å². The Bertz CT molecular complexity index is 3840. The number of para-hydroxylation sites is 10. The fourth-order valence-corrected chi connectivity index (χ4v) is 11.2. The van der Waals surface area contributed by atoms with Gasteiger partial charge in [-0.1, -0.05) is 170 Å². The highest BCUT2D eigenvalue weighted by molar-refractivity contribution is 6.01. The van der Waals surface area contributed by atoms with Crippen molar-refractivity contribution in [2.45, 2.75) is 0 Å². The van der Waals surface area contributed by atoms with Gasteiger partial charge in [0.15, 0.2) is 0 Å². The zero-order valence-electron chi connectivity index (χ0n) is 46.3. The molecule has 0 fully saturated rings. The number of hydrogen-bond donors (Lipinski definition) is 0. The van der Waals surface area contributed by atoms with Gasteiger partial charge < -0.3 is 29.4 Å². The molecular weight excluding hydrogens is 1020 g/mol. The van der Waals surface area contributed by atoms with Gasteiger partial charge in [0.05, 0.1) is 17.1 Å². The van der Waals surface area contributed by atoms with Crippen molar-refractivity contribution in [3.63, 3.8) is 0 Å². The van der Waals surface area contributed by atoms with Gasteiger partial charge in [-0.25, -0.2) is 0 Å². The lowest BCUT2D eigenvalue weighted by Gasteiger charge is -2.38. The van der Waals surface area contributed by atoms with E-state index in [1.165, 1.54) is 0 Å². The largest absolute Gasteiger partial charge is 0.311 e. The average molecular weight is 1080 g/mol. The molecule has 0 atom stereocenters. The summed E-state index contributed by atoms with van der Waals surface area (Å²) < 4.78 is 0. The first-order valence-corrected chi connectivity index (χ1v) is 28.4. The molecule has 6 nitrogen and oxygen atoms in total. The minimum Gasteiger partial charge on any atom is -0.311 e. The Morgan fingerprint density at radius 2 is 0.250 bits per heavy atom. The van der Waals surface area contributed by atoms with E-state index >= 15 is 0 Å². The third-order valence-corrected chi connectivity index (χ3v) is 14.9. The lowest BCUT2D eigenvalue weighted by Crippen LogP contribution is -2.21. The molecule has 6 heteroatoms. The number of anilines is 18. The first kappa shape index (κ1) is 52.1. The Morgan fingerprint density at radius 1 is 0.107 bits per heavy atom. The number of benzene rings is 13. The first-order chi connectivity index (χ1) is 41.7. The average Bonchev–Trinajstić information content (AvgIpc) is 2.78. The highest BCUT2D eigenvalue weighted by Crippen LogP contribution is 2.54. The number of rotatable bonds is 18. The zero-order chi connectivity index (χ0) is 56.3. The first-order valence-electron chi connectivity index (χ1n) is 28.4. The van der Waals surface area contributed by atoms with E-state index in [4.69, 9.17) is 0 Å². The Morgan fingerprint density at radius 3 is 0.452 bits per heavy atom. The minimum atomic E-state index is 0.964. The van der Waals surface area contributed by atoms with Crippen LogP contribution in [0.25, 0.3) is 0 Å². The molecule has 13 aromatic rings. The highest BCUT2D eigenvalue weighted by Gasteiger charge is 2.30. The fraction of sp³-hybridized carbons (Fsp3) is 0. The second-order valence-corrected chi connectivity index (χ2v) is 20.2. The zero-order valence-corrected chi connectivity index (χ0v) is 46.3. The van der Waals surface area contributed by atoms with E-state index in [0.717, 1.165) is 102 Å². The van der Waals surface area contributed by atoms with Crippen LogP contribution in [0.2, 0.25) is 0 Å². The molecule has 13 aromatic carbocycles. The normalized spacial score (nSPS) is 10.9. The molecule has 0 N–H and O–H groups in total. The SMILES string of the molecule is c1ccc(N(c2ccccc2)c2ccc(N(c3ccccc3)c3cccc(N(c4ccccc4)c4ccc(N(c5ccccc5)c5ccccc5)cc4)c3N(c3ccccc3)c3ccc(N(c4ccccc4)c4ccccc4)cc3)cc2)cc1. The van der Waals surface area contributed by atoms with Crippen molar-refractivity contribution in [1.82, 2.24) is 0 Å². The van der Waals surface area contributed by atoms with Crippen molar-refractivity contribution in [3.05, 3.63) is 364 Å². The van der Waals surface area contributed by atoms with E-state index in [9.17, 15) is 0 Å². The topological polar surface area (TPSA) is 19.4 Å². The van der Waals surface area contributed by atoms with Crippen LogP contribution in [0.4, 0.5) is 102 Å². The molecule has 0 aliphatic carbocycles. The summed E-state index contributed by atoms with van der Waals surface area (Å²) in [7, 11) is 0. The Hall–Kier alpha value is -11.3. The molecule has 0 radical (unpaired) electrons. The standard InChI is InChI=1S/C78H60N6/c1-10-29-61(30-11-1)79(62-31-12-2-13-32-62)70-49-55-73(56-50-70)82(67-41-22-7-23-42-67)76-47-28-48-77(83(68-43-24-8-25-44-68)74-57-51-71(52-58-74)80(63-33-14-3-15-34-63)64-35-16-4-17-36-64)78(76)84(69-45-26-9-27-46-69)75-59-53-72(54-60-75)81(65-37-18-5-19-38-65)66-39-20-6-21-40-66/h1-60H. The Balaban J connectivity index is 1.04. The minimum absolute atomic E-state index is 0.964. The van der Waals surface area contributed by atoms with Crippen LogP contribution in [-0.4, -0.2) is 0 Å². The quantitative estimate of drug-likeness (QED) is 0.0847. The molecule has 0 aliphatic heterocycles. The lowest BCUT2D eigenvalue weighted by molar-refractivity contribution is 1.19. The highest BCUT2D eigenvalue weighted by atomic mass is 15.3. The van der Waals surface area contributed by atoms with Gasteiger partial charge in [0.2, 0.25) is 0 Å². The van der Waals surface area contributed by atoms with Crippen molar-refractivity contribution in [2.24, 2.45) is 0 Å². The van der Waals surface area contributed by atoms with Crippen molar-refractivity contribution in [3.8, 4) is 0 Å². The van der Waals surface area contributed by atoms with Gasteiger partial charge in [0, 0.05) is 85.3 Å². The molecule has 0 amide bonds. The fourth-order valence-electron chi connectivity index (χ4n) is 11.2. The summed E-state index contributed by atoms with van der Waals surface area (Å²) in [5, 5.41) is 0. The van der Waals surface area contributed by atoms with E-state index < -0.39 is 0 Å². The molecule has 0 spiro atoms. The van der Waals surface area contributed by atoms with Crippen LogP contribution in [0.15, 0.2) is 364 Å². The van der Waals surface area contributed by atoms with Crippen LogP contribution in [-0.2, 0) is 0 Å². The summed E-state index contributed by atoms with van der Waals surface area (Å²) in [4.78, 5) is 14.2. The monoisotopic (exact) mass is 1080 g/mol. The molecule has 0 bridgehead atoms. The van der Waals surface area contributed by atoms with Crippen molar-refractivity contribution in [1.29, 1.82) is 0 Å². The maximum Gasteiger partial charge on any atom is 0.0946 e. The molecule has 13 rings (SSSR count). The van der Waals surface area contributed by atoms with E-state index in [0.29, 0.717) is 0 Å². The van der Waals surface area contributed by atoms with Crippen LogP contribution < -0.4 is 29.4 Å². The van der Waals surface area contributed by atoms with Crippen molar-refractivity contribution < 1.29 is 0 Å². The van der Waals surface area contributed by atoms with Gasteiger partial charge in [-0.2, -0.15) is 0 Å². The van der Waals surface area contributed by atoms with Gasteiger partial charge in [-0.3, -0.25) is 0 Å². The van der Waals surface area contributed by atoms with E-state index in [-0.39, 0.29) is 0 Å². The van der Waals surface area contributed by atoms with Gasteiger partial charge in [0.25, 0.3) is 0 Å². The summed E-state index contributed by atoms with van der Waals surface area (Å²) in [5.41, 5.74) is 18.5. The Kier molecular flexibility index (Phi) is 15.2. The molecule has 0 aromatic heterocycles. The van der Waals surface area contributed by atoms with Gasteiger partial charge in [0.1, 0.15) is 0 Å². The molecule has 0 saturated heterocycles. The number of nitrogens with zero attached hydrogens (tertiary/aromatic N) is 6. The second-order valence-electron chi connectivity index (χ2n) is 20.2. The third kappa shape index (κ3) is 11.0. The molecule has 0 saturated carbocycles. The van der Waals surface area contributed by atoms with Crippen LogP contribution in [0, 0.1) is 0 Å². The summed E-state index contributed by atoms with van der Waals surface area (Å²) in [6.45, 7) is 0. The van der Waals surface area contributed by atoms with Crippen LogP contribution >= 0.6 is 0 Å². The predicted octanol–water partition coefficient (Wildman–Crippen LogP) is 22.5. The van der Waals surface area contributed by atoms with Crippen LogP contribution in [0.5, 0.6) is 0 Å². The summed E-state index contributed by atoms with van der Waals surface area (Å²) >= 11 is 0. The van der Waals surface area contributed by atoms with Crippen LogP contribution in [0.1, 0.15) is 0 Å². The summed E-state index contributed by atoms with van der Waals surface area (Å²) in [5.74, 6) is 0. The molecule has 84 heavy (non-hydrogen) atoms. The lowest BCUT2D eigenvalue weighted by atomic mass is 10.1. The second kappa shape index (κ2) is 24.6. The van der Waals surface area contributed by atoms with Gasteiger partial charge >= 0.3 is 0 Å². The van der Waals surface area contributed by atoms with Gasteiger partial charge in [-0.05, 0) is 194 Å².